The van der Waals surface area contributed by atoms with Gasteiger partial charge < -0.3 is 15.4 Å². The third-order valence-corrected chi connectivity index (χ3v) is 4.04. The van der Waals surface area contributed by atoms with Crippen molar-refractivity contribution in [3.63, 3.8) is 0 Å². The number of nitrogens with two attached hydrogens (primary N) is 1. The van der Waals surface area contributed by atoms with Crippen molar-refractivity contribution < 1.29 is 9.53 Å². The highest BCUT2D eigenvalue weighted by atomic mass is 16.5. The van der Waals surface area contributed by atoms with Crippen LogP contribution in [0.1, 0.15) is 25.3 Å². The van der Waals surface area contributed by atoms with Crippen molar-refractivity contribution in [2.45, 2.75) is 32.2 Å². The van der Waals surface area contributed by atoms with Gasteiger partial charge in [0.15, 0.2) is 0 Å². The van der Waals surface area contributed by atoms with Gasteiger partial charge in [0.2, 0.25) is 0 Å². The van der Waals surface area contributed by atoms with Crippen LogP contribution in [0.2, 0.25) is 0 Å². The van der Waals surface area contributed by atoms with E-state index in [-0.39, 0.29) is 17.9 Å². The quantitative estimate of drug-likeness (QED) is 0.812. The van der Waals surface area contributed by atoms with Gasteiger partial charge in [0.05, 0.1) is 12.5 Å². The fraction of sp³-hybridized carbons (Fsp3) is 0.588. The highest BCUT2D eigenvalue weighted by Crippen LogP contribution is 2.19. The van der Waals surface area contributed by atoms with Crippen LogP contribution in [0.3, 0.4) is 0 Å². The molecular weight excluding hydrogens is 264 g/mol. The molecule has 1 aromatic rings. The lowest BCUT2D eigenvalue weighted by Crippen LogP contribution is -2.44. The summed E-state index contributed by atoms with van der Waals surface area (Å²) in [6, 6.07) is 10.5. The number of nitrogens with zero attached hydrogens (tertiary/aromatic N) is 1. The van der Waals surface area contributed by atoms with E-state index in [4.69, 9.17) is 10.5 Å². The zero-order valence-electron chi connectivity index (χ0n) is 12.8. The van der Waals surface area contributed by atoms with Crippen LogP contribution in [0, 0.1) is 5.92 Å². The van der Waals surface area contributed by atoms with Crippen molar-refractivity contribution in [2.24, 2.45) is 11.7 Å². The van der Waals surface area contributed by atoms with E-state index in [0.717, 1.165) is 38.9 Å². The van der Waals surface area contributed by atoms with Gasteiger partial charge >= 0.3 is 5.97 Å². The molecule has 4 heteroatoms. The summed E-state index contributed by atoms with van der Waals surface area (Å²) in [6.45, 7) is 5.10. The first-order chi connectivity index (χ1) is 10.2. The largest absolute Gasteiger partial charge is 0.466 e. The van der Waals surface area contributed by atoms with Crippen LogP contribution in [0.4, 0.5) is 0 Å². The molecule has 2 N–H and O–H groups in total. The average molecular weight is 290 g/mol. The molecular formula is C17H26N2O2. The molecule has 116 valence electrons. The van der Waals surface area contributed by atoms with Gasteiger partial charge in [-0.1, -0.05) is 30.3 Å². The van der Waals surface area contributed by atoms with Crippen LogP contribution in [-0.4, -0.2) is 43.2 Å². The molecule has 2 rings (SSSR count). The average Bonchev–Trinajstić information content (AvgIpc) is 2.49. The molecule has 1 heterocycles. The molecule has 0 spiro atoms. The summed E-state index contributed by atoms with van der Waals surface area (Å²) in [5.41, 5.74) is 7.53. The Kier molecular flexibility index (Phi) is 6.21. The number of hydrogen-bond acceptors (Lipinski definition) is 4. The standard InChI is InChI=1S/C17H26N2O2/c1-2-21-17(20)15-8-10-19(11-9-15)13-16(18)12-14-6-4-3-5-7-14/h3-7,15-16H,2,8-13,18H2,1H3. The number of hydrogen-bond donors (Lipinski definition) is 1. The summed E-state index contributed by atoms with van der Waals surface area (Å²) in [6.07, 6.45) is 2.67. The first-order valence-corrected chi connectivity index (χ1v) is 7.87. The van der Waals surface area contributed by atoms with Gasteiger partial charge in [-0.15, -0.1) is 0 Å². The lowest BCUT2D eigenvalue weighted by molar-refractivity contribution is -0.149. The first kappa shape index (κ1) is 16.0. The van der Waals surface area contributed by atoms with E-state index in [9.17, 15) is 4.79 Å². The van der Waals surface area contributed by atoms with Gasteiger partial charge in [0.25, 0.3) is 0 Å². The van der Waals surface area contributed by atoms with E-state index in [1.807, 2.05) is 25.1 Å². The second-order valence-corrected chi connectivity index (χ2v) is 5.78. The fourth-order valence-electron chi connectivity index (χ4n) is 2.92. The Balaban J connectivity index is 1.72. The molecule has 1 fully saturated rings. The van der Waals surface area contributed by atoms with E-state index in [1.54, 1.807) is 0 Å². The number of carbonyl (C=O) groups is 1. The van der Waals surface area contributed by atoms with Gasteiger partial charge in [0, 0.05) is 12.6 Å². The molecule has 0 aliphatic carbocycles. The second-order valence-electron chi connectivity index (χ2n) is 5.78. The summed E-state index contributed by atoms with van der Waals surface area (Å²) < 4.78 is 5.09. The molecule has 0 saturated carbocycles. The predicted octanol–water partition coefficient (Wildman–Crippen LogP) is 1.83. The van der Waals surface area contributed by atoms with Crippen LogP contribution in [0.15, 0.2) is 30.3 Å². The molecule has 1 aliphatic heterocycles. The summed E-state index contributed by atoms with van der Waals surface area (Å²) in [5, 5.41) is 0. The summed E-state index contributed by atoms with van der Waals surface area (Å²) in [7, 11) is 0. The Morgan fingerprint density at radius 3 is 2.62 bits per heavy atom. The van der Waals surface area contributed by atoms with Gasteiger partial charge in [-0.2, -0.15) is 0 Å². The molecule has 0 bridgehead atoms. The van der Waals surface area contributed by atoms with Crippen LogP contribution in [-0.2, 0) is 16.0 Å². The van der Waals surface area contributed by atoms with Crippen molar-refractivity contribution in [2.75, 3.05) is 26.2 Å². The molecule has 1 aliphatic rings. The lowest BCUT2D eigenvalue weighted by atomic mass is 9.96. The molecule has 21 heavy (non-hydrogen) atoms. The minimum absolute atomic E-state index is 0.0364. The Labute approximate surface area is 127 Å². The van der Waals surface area contributed by atoms with Crippen LogP contribution in [0.25, 0.3) is 0 Å². The number of rotatable bonds is 6. The van der Waals surface area contributed by atoms with Crippen molar-refractivity contribution in [1.29, 1.82) is 0 Å². The van der Waals surface area contributed by atoms with Gasteiger partial charge in [0.1, 0.15) is 0 Å². The number of likely N-dealkylation sites (tertiary alicyclic amines) is 1. The summed E-state index contributed by atoms with van der Waals surface area (Å²) in [4.78, 5) is 14.1. The topological polar surface area (TPSA) is 55.6 Å². The van der Waals surface area contributed by atoms with Crippen LogP contribution < -0.4 is 5.73 Å². The van der Waals surface area contributed by atoms with E-state index in [1.165, 1.54) is 5.56 Å². The van der Waals surface area contributed by atoms with Crippen molar-refractivity contribution >= 4 is 5.97 Å². The highest BCUT2D eigenvalue weighted by Gasteiger charge is 2.26. The summed E-state index contributed by atoms with van der Waals surface area (Å²) in [5.74, 6) is 0.0391. The first-order valence-electron chi connectivity index (χ1n) is 7.87. The van der Waals surface area contributed by atoms with E-state index < -0.39 is 0 Å². The third-order valence-electron chi connectivity index (χ3n) is 4.04. The van der Waals surface area contributed by atoms with E-state index in [0.29, 0.717) is 6.61 Å². The zero-order chi connectivity index (χ0) is 15.1. The normalized spacial score (nSPS) is 18.4. The number of piperidine rings is 1. The lowest BCUT2D eigenvalue weighted by Gasteiger charge is -2.32. The maximum atomic E-state index is 11.7. The minimum atomic E-state index is -0.0364. The van der Waals surface area contributed by atoms with E-state index >= 15 is 0 Å². The number of ether oxygens (including phenoxy) is 1. The Bertz CT molecular complexity index is 428. The minimum Gasteiger partial charge on any atom is -0.466 e. The number of benzene rings is 1. The molecule has 1 saturated heterocycles. The van der Waals surface area contributed by atoms with Crippen molar-refractivity contribution in [1.82, 2.24) is 4.90 Å². The molecule has 0 aromatic heterocycles. The Morgan fingerprint density at radius 1 is 1.33 bits per heavy atom. The smallest absolute Gasteiger partial charge is 0.309 e. The maximum Gasteiger partial charge on any atom is 0.309 e. The fourth-order valence-corrected chi connectivity index (χ4v) is 2.92. The van der Waals surface area contributed by atoms with E-state index in [2.05, 4.69) is 17.0 Å². The third kappa shape index (κ3) is 5.14. The van der Waals surface area contributed by atoms with Crippen LogP contribution in [0.5, 0.6) is 0 Å². The molecule has 4 nitrogen and oxygen atoms in total. The van der Waals surface area contributed by atoms with Gasteiger partial charge in [-0.3, -0.25) is 4.79 Å². The number of carbonyl (C=O) groups excluding carboxylic acids is 1. The van der Waals surface area contributed by atoms with Crippen molar-refractivity contribution in [3.8, 4) is 0 Å². The summed E-state index contributed by atoms with van der Waals surface area (Å²) >= 11 is 0. The SMILES string of the molecule is CCOC(=O)C1CCN(CC(N)Cc2ccccc2)CC1. The number of esters is 1. The Hall–Kier alpha value is -1.39. The molecule has 0 radical (unpaired) electrons. The van der Waals surface area contributed by atoms with Crippen molar-refractivity contribution in [3.05, 3.63) is 35.9 Å². The predicted molar refractivity (Wildman–Crippen MR) is 83.9 cm³/mol. The molecule has 1 aromatic carbocycles. The molecule has 1 unspecified atom stereocenters. The second kappa shape index (κ2) is 8.15. The highest BCUT2D eigenvalue weighted by molar-refractivity contribution is 5.72. The van der Waals surface area contributed by atoms with Crippen LogP contribution >= 0.6 is 0 Å². The monoisotopic (exact) mass is 290 g/mol. The Morgan fingerprint density at radius 2 is 2.00 bits per heavy atom. The molecule has 0 amide bonds. The van der Waals surface area contributed by atoms with Gasteiger partial charge in [-0.25, -0.2) is 0 Å². The zero-order valence-corrected chi connectivity index (χ0v) is 12.8. The molecule has 1 atom stereocenters. The van der Waals surface area contributed by atoms with Gasteiger partial charge in [-0.05, 0) is 44.8 Å². The maximum absolute atomic E-state index is 11.7.